The van der Waals surface area contributed by atoms with Crippen molar-refractivity contribution in [3.8, 4) is 21.7 Å². The third kappa shape index (κ3) is 5.68. The van der Waals surface area contributed by atoms with Crippen molar-refractivity contribution in [2.75, 3.05) is 9.80 Å². The van der Waals surface area contributed by atoms with Crippen LogP contribution in [0.5, 0.6) is 0 Å². The van der Waals surface area contributed by atoms with Crippen LogP contribution >= 0.6 is 11.3 Å². The first-order valence-electron chi connectivity index (χ1n) is 19.9. The summed E-state index contributed by atoms with van der Waals surface area (Å²) < 4.78 is 1.21. The van der Waals surface area contributed by atoms with Crippen molar-refractivity contribution in [3.05, 3.63) is 211 Å². The van der Waals surface area contributed by atoms with Crippen LogP contribution in [-0.4, -0.2) is 4.98 Å². The number of para-hydroxylation sites is 3. The lowest BCUT2D eigenvalue weighted by Gasteiger charge is -2.29. The lowest BCUT2D eigenvalue weighted by Crippen LogP contribution is -2.14. The molecule has 276 valence electrons. The monoisotopic (exact) mass is 761 g/mol. The second-order valence-electron chi connectivity index (χ2n) is 15.7. The Balaban J connectivity index is 0.967. The summed E-state index contributed by atoms with van der Waals surface area (Å²) in [5, 5.41) is 6.22. The van der Waals surface area contributed by atoms with Crippen molar-refractivity contribution in [3.63, 3.8) is 0 Å². The summed E-state index contributed by atoms with van der Waals surface area (Å²) in [5.41, 5.74) is 14.0. The first kappa shape index (κ1) is 34.3. The average Bonchev–Trinajstić information content (AvgIpc) is 3.79. The minimum atomic E-state index is -0.123. The second-order valence-corrected chi connectivity index (χ2v) is 16.7. The van der Waals surface area contributed by atoms with E-state index in [1.807, 2.05) is 0 Å². The van der Waals surface area contributed by atoms with E-state index in [1.54, 1.807) is 11.3 Å². The molecule has 0 saturated heterocycles. The molecule has 1 aliphatic rings. The first-order valence-corrected chi connectivity index (χ1v) is 20.7. The maximum Gasteiger partial charge on any atom is 0.124 e. The molecule has 58 heavy (non-hydrogen) atoms. The van der Waals surface area contributed by atoms with Crippen LogP contribution in [0.1, 0.15) is 25.0 Å². The highest BCUT2D eigenvalue weighted by Gasteiger charge is 2.36. The van der Waals surface area contributed by atoms with E-state index in [4.69, 9.17) is 4.98 Å². The normalized spacial score (nSPS) is 12.8. The molecule has 1 aliphatic carbocycles. The van der Waals surface area contributed by atoms with Crippen molar-refractivity contribution in [1.29, 1.82) is 0 Å². The molecule has 0 amide bonds. The number of anilines is 6. The molecule has 9 aromatic carbocycles. The molecule has 0 spiro atoms. The van der Waals surface area contributed by atoms with Crippen LogP contribution < -0.4 is 9.80 Å². The molecule has 0 radical (unpaired) electrons. The van der Waals surface area contributed by atoms with Crippen LogP contribution in [0.3, 0.4) is 0 Å². The Morgan fingerprint density at radius 1 is 0.414 bits per heavy atom. The molecule has 0 unspecified atom stereocenters. The number of hydrogen-bond acceptors (Lipinski definition) is 4. The average molecular weight is 762 g/mol. The van der Waals surface area contributed by atoms with Gasteiger partial charge in [0.25, 0.3) is 0 Å². The summed E-state index contributed by atoms with van der Waals surface area (Å²) in [7, 11) is 0. The highest BCUT2D eigenvalue weighted by atomic mass is 32.1. The quantitative estimate of drug-likeness (QED) is 0.151. The minimum absolute atomic E-state index is 0.123. The number of rotatable bonds is 7. The van der Waals surface area contributed by atoms with Gasteiger partial charge in [0.1, 0.15) is 5.01 Å². The fraction of sp³-hybridized carbons (Fsp3) is 0.0556. The Morgan fingerprint density at radius 2 is 0.931 bits per heavy atom. The number of hydrogen-bond donors (Lipinski definition) is 0. The van der Waals surface area contributed by atoms with Crippen molar-refractivity contribution >= 4 is 77.2 Å². The molecule has 0 aliphatic heterocycles. The van der Waals surface area contributed by atoms with E-state index < -0.39 is 0 Å². The lowest BCUT2D eigenvalue weighted by molar-refractivity contribution is 0.662. The predicted octanol–water partition coefficient (Wildman–Crippen LogP) is 15.5. The molecule has 3 nitrogen and oxygen atoms in total. The number of fused-ring (bicyclic) bond motifs is 7. The van der Waals surface area contributed by atoms with Crippen LogP contribution in [0.25, 0.3) is 53.5 Å². The summed E-state index contributed by atoms with van der Waals surface area (Å²) in [4.78, 5) is 9.90. The lowest BCUT2D eigenvalue weighted by atomic mass is 9.81. The van der Waals surface area contributed by atoms with Crippen LogP contribution in [0.2, 0.25) is 0 Å². The SMILES string of the molecule is CC1(C)c2cc3ccc4ccccc4c3cc2-c2cc3sc(-c4ccc(N(c5ccccc5)c5cccc(N(c6ccccc6)c6ccccc6)c5)cc4)nc3cc21. The molecule has 1 heterocycles. The summed E-state index contributed by atoms with van der Waals surface area (Å²) in [6, 6.07) is 72.3. The predicted molar refractivity (Wildman–Crippen MR) is 247 cm³/mol. The largest absolute Gasteiger partial charge is 0.310 e. The molecular formula is C54H39N3S. The third-order valence-electron chi connectivity index (χ3n) is 11.8. The number of nitrogens with zero attached hydrogens (tertiary/aromatic N) is 3. The molecule has 0 bridgehead atoms. The Kier molecular flexibility index (Phi) is 8.02. The van der Waals surface area contributed by atoms with Gasteiger partial charge < -0.3 is 9.80 Å². The van der Waals surface area contributed by atoms with Crippen LogP contribution in [0, 0.1) is 0 Å². The van der Waals surface area contributed by atoms with Gasteiger partial charge in [-0.05, 0) is 147 Å². The number of thiazole rings is 1. The van der Waals surface area contributed by atoms with E-state index in [2.05, 4.69) is 224 Å². The zero-order valence-corrected chi connectivity index (χ0v) is 33.1. The summed E-state index contributed by atoms with van der Waals surface area (Å²) in [6.07, 6.45) is 0. The van der Waals surface area contributed by atoms with E-state index in [9.17, 15) is 0 Å². The van der Waals surface area contributed by atoms with E-state index in [-0.39, 0.29) is 5.41 Å². The van der Waals surface area contributed by atoms with Gasteiger partial charge in [0.05, 0.1) is 10.2 Å². The van der Waals surface area contributed by atoms with Crippen LogP contribution in [-0.2, 0) is 5.41 Å². The molecule has 1 aromatic heterocycles. The molecular weight excluding hydrogens is 723 g/mol. The van der Waals surface area contributed by atoms with Crippen molar-refractivity contribution in [1.82, 2.24) is 4.98 Å². The smallest absolute Gasteiger partial charge is 0.124 e. The van der Waals surface area contributed by atoms with Gasteiger partial charge in [-0.25, -0.2) is 4.98 Å². The molecule has 0 fully saturated rings. The van der Waals surface area contributed by atoms with Gasteiger partial charge in [0.15, 0.2) is 0 Å². The Labute approximate surface area is 342 Å². The van der Waals surface area contributed by atoms with Crippen molar-refractivity contribution in [2.24, 2.45) is 0 Å². The van der Waals surface area contributed by atoms with Crippen molar-refractivity contribution in [2.45, 2.75) is 19.3 Å². The molecule has 11 rings (SSSR count). The van der Waals surface area contributed by atoms with Gasteiger partial charge in [-0.2, -0.15) is 0 Å². The first-order chi connectivity index (χ1) is 28.5. The Morgan fingerprint density at radius 3 is 1.57 bits per heavy atom. The molecule has 0 N–H and O–H groups in total. The Bertz CT molecular complexity index is 3090. The third-order valence-corrected chi connectivity index (χ3v) is 12.9. The highest BCUT2D eigenvalue weighted by Crippen LogP contribution is 2.52. The summed E-state index contributed by atoms with van der Waals surface area (Å²) in [5.74, 6) is 0. The van der Waals surface area contributed by atoms with E-state index in [1.165, 1.54) is 48.5 Å². The minimum Gasteiger partial charge on any atom is -0.310 e. The topological polar surface area (TPSA) is 19.4 Å². The molecule has 4 heteroatoms. The second kappa shape index (κ2) is 13.6. The highest BCUT2D eigenvalue weighted by molar-refractivity contribution is 7.21. The van der Waals surface area contributed by atoms with Crippen LogP contribution in [0.15, 0.2) is 200 Å². The van der Waals surface area contributed by atoms with Gasteiger partial charge in [-0.3, -0.25) is 0 Å². The number of benzene rings is 9. The molecule has 0 saturated carbocycles. The zero-order valence-electron chi connectivity index (χ0n) is 32.3. The van der Waals surface area contributed by atoms with Gasteiger partial charge in [-0.1, -0.05) is 111 Å². The van der Waals surface area contributed by atoms with E-state index in [0.717, 1.165) is 50.2 Å². The molecule has 0 atom stereocenters. The maximum absolute atomic E-state index is 5.26. The van der Waals surface area contributed by atoms with Crippen molar-refractivity contribution < 1.29 is 0 Å². The van der Waals surface area contributed by atoms with Gasteiger partial charge in [0.2, 0.25) is 0 Å². The summed E-state index contributed by atoms with van der Waals surface area (Å²) >= 11 is 1.78. The van der Waals surface area contributed by atoms with Gasteiger partial charge >= 0.3 is 0 Å². The molecule has 10 aromatic rings. The number of aromatic nitrogens is 1. The van der Waals surface area contributed by atoms with Crippen LogP contribution in [0.4, 0.5) is 34.1 Å². The van der Waals surface area contributed by atoms with Gasteiger partial charge in [-0.15, -0.1) is 11.3 Å². The fourth-order valence-corrected chi connectivity index (χ4v) is 9.92. The summed E-state index contributed by atoms with van der Waals surface area (Å²) in [6.45, 7) is 4.72. The Hall–Kier alpha value is -7.01. The van der Waals surface area contributed by atoms with E-state index >= 15 is 0 Å². The zero-order chi connectivity index (χ0) is 38.8. The standard InChI is InChI=1S/C54H39N3S/c1-54(2)49-31-38-26-25-36-15-12-13-24-45(36)46(38)33-47(49)48-34-52-51(35-50(48)54)55-53(58-52)37-27-29-42(30-28-37)57(41-20-10-5-11-21-41)44-23-14-22-43(32-44)56(39-16-6-3-7-17-39)40-18-8-4-9-19-40/h3-35H,1-2H3. The maximum atomic E-state index is 5.26. The van der Waals surface area contributed by atoms with Gasteiger partial charge in [0, 0.05) is 45.1 Å². The fourth-order valence-electron chi connectivity index (χ4n) is 8.93. The van der Waals surface area contributed by atoms with E-state index in [0.29, 0.717) is 0 Å².